The minimum absolute atomic E-state index is 0.00880. The summed E-state index contributed by atoms with van der Waals surface area (Å²) in [5, 5.41) is 0.712. The van der Waals surface area contributed by atoms with Gasteiger partial charge in [-0.2, -0.15) is 0 Å². The molecule has 3 aromatic rings. The lowest BCUT2D eigenvalue weighted by Gasteiger charge is -2.36. The lowest BCUT2D eigenvalue weighted by atomic mass is 10.1. The molecule has 0 aliphatic carbocycles. The minimum atomic E-state index is -0.0660. The topological polar surface area (TPSA) is 43.9 Å². The van der Waals surface area contributed by atoms with Crippen molar-refractivity contribution in [1.82, 2.24) is 4.90 Å². The van der Waals surface area contributed by atoms with Gasteiger partial charge in [0.25, 0.3) is 11.8 Å². The van der Waals surface area contributed by atoms with E-state index in [2.05, 4.69) is 11.0 Å². The lowest BCUT2D eigenvalue weighted by Crippen LogP contribution is -2.48. The molecule has 5 nitrogen and oxygen atoms in total. The molecule has 0 bridgehead atoms. The van der Waals surface area contributed by atoms with Gasteiger partial charge in [-0.05, 0) is 55.0 Å². The van der Waals surface area contributed by atoms with Gasteiger partial charge >= 0.3 is 0 Å². The molecule has 1 fully saturated rings. The third-order valence-electron chi connectivity index (χ3n) is 6.38. The van der Waals surface area contributed by atoms with E-state index in [1.807, 2.05) is 78.6 Å². The predicted octanol–water partition coefficient (Wildman–Crippen LogP) is 5.72. The van der Waals surface area contributed by atoms with E-state index in [9.17, 15) is 9.59 Å². The second-order valence-corrected chi connectivity index (χ2v) is 10.4. The van der Waals surface area contributed by atoms with Crippen LogP contribution in [0.4, 0.5) is 11.4 Å². The Morgan fingerprint density at radius 2 is 1.74 bits per heavy atom. The first-order valence-electron chi connectivity index (χ1n) is 11.6. The molecular formula is C28H26ClN3O2S. The molecule has 1 saturated heterocycles. The number of thioether (sulfide) groups is 1. The number of carbonyl (C=O) groups is 2. The Labute approximate surface area is 215 Å². The number of rotatable bonds is 3. The van der Waals surface area contributed by atoms with Crippen molar-refractivity contribution in [3.8, 4) is 0 Å². The fourth-order valence-electron chi connectivity index (χ4n) is 4.46. The molecule has 2 heterocycles. The molecular weight excluding hydrogens is 478 g/mol. The summed E-state index contributed by atoms with van der Waals surface area (Å²) in [5.41, 5.74) is 4.60. The first kappa shape index (κ1) is 23.5. The summed E-state index contributed by atoms with van der Waals surface area (Å²) in [6.45, 7) is 4.80. The van der Waals surface area contributed by atoms with Gasteiger partial charge in [-0.3, -0.25) is 9.59 Å². The molecule has 35 heavy (non-hydrogen) atoms. The van der Waals surface area contributed by atoms with Crippen molar-refractivity contribution >= 4 is 52.6 Å². The van der Waals surface area contributed by atoms with Crippen molar-refractivity contribution in [1.29, 1.82) is 0 Å². The molecule has 0 unspecified atom stereocenters. The number of aryl methyl sites for hydroxylation is 1. The molecule has 2 aliphatic rings. The first-order chi connectivity index (χ1) is 16.9. The van der Waals surface area contributed by atoms with Crippen LogP contribution in [0.3, 0.4) is 0 Å². The minimum Gasteiger partial charge on any atom is -0.368 e. The van der Waals surface area contributed by atoms with Crippen LogP contribution in [-0.4, -0.2) is 49.9 Å². The SMILES string of the molecule is Cc1cccc(C=C2Sc3ccc(C(=O)N4CCN(c5cccc(Cl)c5)CC4)cc3N(C)C2=O)c1. The van der Waals surface area contributed by atoms with E-state index in [1.165, 1.54) is 11.8 Å². The van der Waals surface area contributed by atoms with Crippen molar-refractivity contribution in [3.05, 3.63) is 93.3 Å². The average Bonchev–Trinajstić information content (AvgIpc) is 2.87. The maximum Gasteiger partial charge on any atom is 0.264 e. The number of benzene rings is 3. The summed E-state index contributed by atoms with van der Waals surface area (Å²) in [7, 11) is 1.77. The van der Waals surface area contributed by atoms with E-state index in [-0.39, 0.29) is 11.8 Å². The molecule has 0 aromatic heterocycles. The number of piperazine rings is 1. The highest BCUT2D eigenvalue weighted by Crippen LogP contribution is 2.42. The highest BCUT2D eigenvalue weighted by Gasteiger charge is 2.29. The summed E-state index contributed by atoms with van der Waals surface area (Å²) in [6, 6.07) is 21.5. The zero-order chi connectivity index (χ0) is 24.5. The van der Waals surface area contributed by atoms with E-state index in [1.54, 1.807) is 11.9 Å². The Bertz CT molecular complexity index is 1330. The molecule has 0 spiro atoms. The third-order valence-corrected chi connectivity index (χ3v) is 7.70. The Kier molecular flexibility index (Phi) is 6.58. The Morgan fingerprint density at radius 1 is 0.971 bits per heavy atom. The molecule has 0 saturated carbocycles. The summed E-state index contributed by atoms with van der Waals surface area (Å²) >= 11 is 7.59. The number of fused-ring (bicyclic) bond motifs is 1. The third kappa shape index (κ3) is 4.95. The Morgan fingerprint density at radius 3 is 2.49 bits per heavy atom. The highest BCUT2D eigenvalue weighted by molar-refractivity contribution is 8.04. The van der Waals surface area contributed by atoms with Crippen molar-refractivity contribution in [3.63, 3.8) is 0 Å². The van der Waals surface area contributed by atoms with Crippen LogP contribution < -0.4 is 9.80 Å². The smallest absolute Gasteiger partial charge is 0.264 e. The highest BCUT2D eigenvalue weighted by atomic mass is 35.5. The van der Waals surface area contributed by atoms with Gasteiger partial charge in [-0.25, -0.2) is 0 Å². The van der Waals surface area contributed by atoms with Crippen LogP contribution >= 0.6 is 23.4 Å². The largest absolute Gasteiger partial charge is 0.368 e. The van der Waals surface area contributed by atoms with Crippen molar-refractivity contribution in [2.45, 2.75) is 11.8 Å². The maximum absolute atomic E-state index is 13.3. The predicted molar refractivity (Wildman–Crippen MR) is 144 cm³/mol. The van der Waals surface area contributed by atoms with Crippen LogP contribution in [-0.2, 0) is 4.79 Å². The number of anilines is 2. The van der Waals surface area contributed by atoms with Crippen LogP contribution in [0.5, 0.6) is 0 Å². The number of carbonyl (C=O) groups excluding carboxylic acids is 2. The molecule has 2 aliphatic heterocycles. The summed E-state index contributed by atoms with van der Waals surface area (Å²) in [6.07, 6.45) is 1.93. The van der Waals surface area contributed by atoms with Gasteiger partial charge in [-0.15, -0.1) is 0 Å². The van der Waals surface area contributed by atoms with E-state index in [0.29, 0.717) is 28.6 Å². The van der Waals surface area contributed by atoms with E-state index >= 15 is 0 Å². The lowest BCUT2D eigenvalue weighted by molar-refractivity contribution is -0.114. The molecule has 2 amide bonds. The Hall–Kier alpha value is -3.22. The standard InChI is InChI=1S/C28H26ClN3O2S/c1-19-5-3-6-20(15-19)16-26-28(34)30(2)24-17-21(9-10-25(24)35-26)27(33)32-13-11-31(12-14-32)23-8-4-7-22(29)18-23/h3-10,15-18H,11-14H2,1-2H3. The van der Waals surface area contributed by atoms with E-state index in [4.69, 9.17) is 11.6 Å². The van der Waals surface area contributed by atoms with Crippen molar-refractivity contribution in [2.75, 3.05) is 43.0 Å². The van der Waals surface area contributed by atoms with Gasteiger partial charge < -0.3 is 14.7 Å². The number of amides is 2. The van der Waals surface area contributed by atoms with Crippen LogP contribution in [0.1, 0.15) is 21.5 Å². The fourth-order valence-corrected chi connectivity index (χ4v) is 5.74. The monoisotopic (exact) mass is 503 g/mol. The van der Waals surface area contributed by atoms with Gasteiger partial charge in [0.1, 0.15) is 0 Å². The summed E-state index contributed by atoms with van der Waals surface area (Å²) in [4.78, 5) is 33.8. The second kappa shape index (κ2) is 9.80. The quantitative estimate of drug-likeness (QED) is 0.429. The molecule has 178 valence electrons. The zero-order valence-corrected chi connectivity index (χ0v) is 21.3. The van der Waals surface area contributed by atoms with Gasteiger partial charge in [0, 0.05) is 54.4 Å². The fraction of sp³-hybridized carbons (Fsp3) is 0.214. The molecule has 0 radical (unpaired) electrons. The first-order valence-corrected chi connectivity index (χ1v) is 12.8. The van der Waals surface area contributed by atoms with Crippen LogP contribution in [0.15, 0.2) is 76.5 Å². The number of hydrogen-bond donors (Lipinski definition) is 0. The van der Waals surface area contributed by atoms with Crippen molar-refractivity contribution < 1.29 is 9.59 Å². The second-order valence-electron chi connectivity index (χ2n) is 8.83. The molecule has 3 aromatic carbocycles. The Balaban J connectivity index is 1.31. The van der Waals surface area contributed by atoms with Gasteiger partial charge in [0.15, 0.2) is 0 Å². The summed E-state index contributed by atoms with van der Waals surface area (Å²) < 4.78 is 0. The average molecular weight is 504 g/mol. The molecule has 0 atom stereocenters. The van der Waals surface area contributed by atoms with E-state index < -0.39 is 0 Å². The van der Waals surface area contributed by atoms with Crippen LogP contribution in [0, 0.1) is 6.92 Å². The van der Waals surface area contributed by atoms with Gasteiger partial charge in [0.05, 0.1) is 10.6 Å². The number of halogens is 1. The molecule has 5 rings (SSSR count). The normalized spacial score (nSPS) is 17.1. The van der Waals surface area contributed by atoms with Crippen molar-refractivity contribution in [2.24, 2.45) is 0 Å². The number of likely N-dealkylation sites (N-methyl/N-ethyl adjacent to an activating group) is 1. The van der Waals surface area contributed by atoms with Crippen LogP contribution in [0.2, 0.25) is 5.02 Å². The van der Waals surface area contributed by atoms with Gasteiger partial charge in [-0.1, -0.05) is 59.3 Å². The number of nitrogens with zero attached hydrogens (tertiary/aromatic N) is 3. The van der Waals surface area contributed by atoms with Crippen LogP contribution in [0.25, 0.3) is 6.08 Å². The summed E-state index contributed by atoms with van der Waals surface area (Å²) in [5.74, 6) is -0.0748. The van der Waals surface area contributed by atoms with Gasteiger partial charge in [0.2, 0.25) is 0 Å². The number of hydrogen-bond acceptors (Lipinski definition) is 4. The molecule has 7 heteroatoms. The van der Waals surface area contributed by atoms with E-state index in [0.717, 1.165) is 40.5 Å². The zero-order valence-electron chi connectivity index (χ0n) is 19.7. The maximum atomic E-state index is 13.3. The molecule has 0 N–H and O–H groups in total.